The van der Waals surface area contributed by atoms with Gasteiger partial charge in [-0.05, 0) is 43.6 Å². The number of ether oxygens (including phenoxy) is 1. The second-order valence-electron chi connectivity index (χ2n) is 6.95. The van der Waals surface area contributed by atoms with Crippen molar-refractivity contribution in [3.8, 4) is 5.75 Å². The Morgan fingerprint density at radius 2 is 2.07 bits per heavy atom. The van der Waals surface area contributed by atoms with E-state index >= 15 is 0 Å². The van der Waals surface area contributed by atoms with Gasteiger partial charge in [0.25, 0.3) is 0 Å². The first-order chi connectivity index (χ1) is 13.6. The summed E-state index contributed by atoms with van der Waals surface area (Å²) in [4.78, 5) is 8.78. The molecule has 1 aliphatic heterocycles. The van der Waals surface area contributed by atoms with Gasteiger partial charge in [-0.25, -0.2) is 4.98 Å². The predicted molar refractivity (Wildman–Crippen MR) is 108 cm³/mol. The summed E-state index contributed by atoms with van der Waals surface area (Å²) in [5.41, 5.74) is 8.56. The fourth-order valence-corrected chi connectivity index (χ4v) is 4.78. The summed E-state index contributed by atoms with van der Waals surface area (Å²) in [6, 6.07) is 9.76. The Kier molecular flexibility index (Phi) is 5.27. The molecule has 148 valence electrons. The number of anilines is 1. The number of aromatic nitrogens is 4. The first-order valence-corrected chi connectivity index (χ1v) is 10.6. The van der Waals surface area contributed by atoms with E-state index in [2.05, 4.69) is 27.3 Å². The molecule has 28 heavy (non-hydrogen) atoms. The Labute approximate surface area is 166 Å². The van der Waals surface area contributed by atoms with Gasteiger partial charge in [-0.3, -0.25) is 4.21 Å². The van der Waals surface area contributed by atoms with E-state index in [1.807, 2.05) is 30.3 Å². The van der Waals surface area contributed by atoms with Crippen molar-refractivity contribution in [2.75, 3.05) is 25.9 Å². The van der Waals surface area contributed by atoms with E-state index in [0.717, 1.165) is 42.9 Å². The minimum atomic E-state index is -1.28. The molecule has 0 radical (unpaired) electrons. The van der Waals surface area contributed by atoms with Crippen LogP contribution in [0.2, 0.25) is 0 Å². The van der Waals surface area contributed by atoms with Crippen LogP contribution in [0.5, 0.6) is 5.75 Å². The van der Waals surface area contributed by atoms with E-state index in [0.29, 0.717) is 5.65 Å². The van der Waals surface area contributed by atoms with E-state index in [1.165, 1.54) is 4.52 Å². The molecule has 4 rings (SSSR count). The van der Waals surface area contributed by atoms with E-state index in [9.17, 15) is 4.21 Å². The molecule has 3 heterocycles. The minimum Gasteiger partial charge on any atom is -0.497 e. The second kappa shape index (κ2) is 7.84. The molecule has 0 amide bonds. The van der Waals surface area contributed by atoms with Gasteiger partial charge in [0, 0.05) is 17.2 Å². The monoisotopic (exact) mass is 400 g/mol. The SMILES string of the molecule is COc1cccc([C@H](C)c2cc3nc(S(=O)C4CCNCC4)nc(N)n3n2)c1. The Morgan fingerprint density at radius 1 is 1.29 bits per heavy atom. The minimum absolute atomic E-state index is 0.0227. The lowest BCUT2D eigenvalue weighted by atomic mass is 9.98. The first kappa shape index (κ1) is 18.8. The number of hydrogen-bond donors (Lipinski definition) is 2. The number of nitrogens with zero attached hydrogens (tertiary/aromatic N) is 4. The van der Waals surface area contributed by atoms with Crippen LogP contribution in [0.25, 0.3) is 5.65 Å². The molecule has 9 heteroatoms. The Balaban J connectivity index is 1.66. The maximum atomic E-state index is 12.9. The van der Waals surface area contributed by atoms with Gasteiger partial charge in [0.15, 0.2) is 5.65 Å². The van der Waals surface area contributed by atoms with Crippen molar-refractivity contribution in [3.05, 3.63) is 41.6 Å². The highest BCUT2D eigenvalue weighted by molar-refractivity contribution is 7.85. The van der Waals surface area contributed by atoms with Gasteiger partial charge >= 0.3 is 0 Å². The van der Waals surface area contributed by atoms with Gasteiger partial charge < -0.3 is 15.8 Å². The van der Waals surface area contributed by atoms with Crippen molar-refractivity contribution in [2.24, 2.45) is 0 Å². The molecule has 2 atom stereocenters. The molecule has 1 aliphatic rings. The van der Waals surface area contributed by atoms with Crippen molar-refractivity contribution in [2.45, 2.75) is 36.1 Å². The molecular formula is C19H24N6O2S. The zero-order valence-corrected chi connectivity index (χ0v) is 16.8. The number of nitrogens with one attached hydrogen (secondary N) is 1. The average molecular weight is 401 g/mol. The van der Waals surface area contributed by atoms with Gasteiger partial charge in [0.05, 0.1) is 23.6 Å². The lowest BCUT2D eigenvalue weighted by molar-refractivity contribution is 0.414. The smallest absolute Gasteiger partial charge is 0.225 e. The number of benzene rings is 1. The maximum absolute atomic E-state index is 12.9. The number of fused-ring (bicyclic) bond motifs is 1. The van der Waals surface area contributed by atoms with Gasteiger partial charge in [-0.1, -0.05) is 19.1 Å². The van der Waals surface area contributed by atoms with E-state index in [1.54, 1.807) is 7.11 Å². The number of rotatable bonds is 5. The third-order valence-electron chi connectivity index (χ3n) is 5.15. The maximum Gasteiger partial charge on any atom is 0.225 e. The standard InChI is InChI=1S/C19H24N6O2S/c1-12(13-4-3-5-14(10-13)27-2)16-11-17-22-19(23-18(20)25(17)24-16)28(26)15-6-8-21-9-7-15/h3-5,10-12,15,21H,6-9H2,1-2H3,(H2,20,22,23)/t12-,28?/m0/s1. The second-order valence-corrected chi connectivity index (χ2v) is 8.58. The number of piperidine rings is 1. The highest BCUT2D eigenvalue weighted by atomic mass is 32.2. The number of hydrogen-bond acceptors (Lipinski definition) is 7. The molecule has 1 aromatic carbocycles. The molecule has 1 unspecified atom stereocenters. The zero-order chi connectivity index (χ0) is 19.7. The summed E-state index contributed by atoms with van der Waals surface area (Å²) >= 11 is 0. The number of nitrogen functional groups attached to an aromatic ring is 1. The first-order valence-electron chi connectivity index (χ1n) is 9.35. The third-order valence-corrected chi connectivity index (χ3v) is 6.77. The van der Waals surface area contributed by atoms with Gasteiger partial charge in [0.2, 0.25) is 11.1 Å². The molecule has 0 saturated carbocycles. The van der Waals surface area contributed by atoms with Gasteiger partial charge in [-0.15, -0.1) is 0 Å². The van der Waals surface area contributed by atoms with Crippen LogP contribution in [0.4, 0.5) is 5.95 Å². The van der Waals surface area contributed by atoms with E-state index in [4.69, 9.17) is 10.5 Å². The average Bonchev–Trinajstić information content (AvgIpc) is 3.18. The molecule has 8 nitrogen and oxygen atoms in total. The molecule has 1 fully saturated rings. The Hall–Kier alpha value is -2.52. The van der Waals surface area contributed by atoms with Crippen LogP contribution in [0, 0.1) is 0 Å². The van der Waals surface area contributed by atoms with Crippen LogP contribution in [-0.2, 0) is 10.8 Å². The van der Waals surface area contributed by atoms with Gasteiger partial charge in [0.1, 0.15) is 5.75 Å². The lowest BCUT2D eigenvalue weighted by Gasteiger charge is -2.21. The van der Waals surface area contributed by atoms with Crippen LogP contribution < -0.4 is 15.8 Å². The van der Waals surface area contributed by atoms with Crippen molar-refractivity contribution >= 4 is 22.4 Å². The molecule has 0 spiro atoms. The quantitative estimate of drug-likeness (QED) is 0.671. The van der Waals surface area contributed by atoms with Crippen molar-refractivity contribution in [3.63, 3.8) is 0 Å². The van der Waals surface area contributed by atoms with Crippen molar-refractivity contribution < 1.29 is 8.95 Å². The normalized spacial score (nSPS) is 17.5. The summed E-state index contributed by atoms with van der Waals surface area (Å²) < 4.78 is 19.7. The summed E-state index contributed by atoms with van der Waals surface area (Å²) in [6.45, 7) is 3.79. The van der Waals surface area contributed by atoms with E-state index in [-0.39, 0.29) is 22.3 Å². The third kappa shape index (κ3) is 3.59. The molecule has 0 aliphatic carbocycles. The largest absolute Gasteiger partial charge is 0.497 e. The topological polar surface area (TPSA) is 107 Å². The molecule has 0 bridgehead atoms. The summed E-state index contributed by atoms with van der Waals surface area (Å²) in [5, 5.41) is 8.20. The van der Waals surface area contributed by atoms with Gasteiger partial charge in [-0.2, -0.15) is 14.6 Å². The van der Waals surface area contributed by atoms with Crippen LogP contribution in [0.1, 0.15) is 36.9 Å². The fourth-order valence-electron chi connectivity index (χ4n) is 3.45. The summed E-state index contributed by atoms with van der Waals surface area (Å²) in [7, 11) is 0.370. The van der Waals surface area contributed by atoms with Crippen LogP contribution in [-0.4, -0.2) is 49.2 Å². The van der Waals surface area contributed by atoms with Crippen LogP contribution in [0.3, 0.4) is 0 Å². The van der Waals surface area contributed by atoms with Crippen LogP contribution >= 0.6 is 0 Å². The summed E-state index contributed by atoms with van der Waals surface area (Å²) in [5.74, 6) is 1.02. The number of methoxy groups -OCH3 is 1. The summed E-state index contributed by atoms with van der Waals surface area (Å²) in [6.07, 6.45) is 1.69. The van der Waals surface area contributed by atoms with Crippen molar-refractivity contribution in [1.29, 1.82) is 0 Å². The Morgan fingerprint density at radius 3 is 2.82 bits per heavy atom. The molecule has 2 aromatic heterocycles. The highest BCUT2D eigenvalue weighted by Crippen LogP contribution is 2.27. The fraction of sp³-hybridized carbons (Fsp3) is 0.421. The lowest BCUT2D eigenvalue weighted by Crippen LogP contribution is -2.34. The van der Waals surface area contributed by atoms with Crippen LogP contribution in [0.15, 0.2) is 35.5 Å². The zero-order valence-electron chi connectivity index (χ0n) is 16.0. The van der Waals surface area contributed by atoms with Crippen molar-refractivity contribution in [1.82, 2.24) is 24.9 Å². The molecule has 3 aromatic rings. The highest BCUT2D eigenvalue weighted by Gasteiger charge is 2.24. The van der Waals surface area contributed by atoms with E-state index < -0.39 is 10.8 Å². The Bertz CT molecular complexity index is 1010. The predicted octanol–water partition coefficient (Wildman–Crippen LogP) is 1.73. The molecule has 1 saturated heterocycles. The number of nitrogens with two attached hydrogens (primary N) is 1. The molecule has 3 N–H and O–H groups in total. The molecular weight excluding hydrogens is 376 g/mol.